The van der Waals surface area contributed by atoms with Gasteiger partial charge in [0, 0.05) is 16.9 Å². The van der Waals surface area contributed by atoms with Crippen molar-refractivity contribution in [2.75, 3.05) is 18.6 Å². The van der Waals surface area contributed by atoms with Crippen molar-refractivity contribution in [3.05, 3.63) is 44.8 Å². The lowest BCUT2D eigenvalue weighted by Gasteiger charge is -2.13. The number of aromatic nitrogens is 4. The Morgan fingerprint density at radius 1 is 1.10 bits per heavy atom. The Balaban J connectivity index is 1.60. The molecule has 0 spiro atoms. The molecule has 0 radical (unpaired) electrons. The molecule has 1 N–H and O–H groups in total. The third-order valence-corrected chi connectivity index (χ3v) is 5.64. The van der Waals surface area contributed by atoms with Crippen LogP contribution in [0, 0.1) is 0 Å². The van der Waals surface area contributed by atoms with E-state index in [0.29, 0.717) is 30.7 Å². The molecule has 0 fully saturated rings. The number of rotatable bonds is 7. The van der Waals surface area contributed by atoms with E-state index in [0.717, 1.165) is 36.6 Å². The molecule has 0 saturated carbocycles. The van der Waals surface area contributed by atoms with Crippen LogP contribution in [-0.2, 0) is 7.05 Å². The zero-order chi connectivity index (χ0) is 22.0. The van der Waals surface area contributed by atoms with Gasteiger partial charge in [0.2, 0.25) is 0 Å². The van der Waals surface area contributed by atoms with E-state index in [1.54, 1.807) is 6.21 Å². The van der Waals surface area contributed by atoms with Gasteiger partial charge in [-0.25, -0.2) is 5.43 Å². The number of hydrazone groups is 1. The maximum atomic E-state index is 5.70. The molecule has 0 aliphatic rings. The lowest BCUT2D eigenvalue weighted by atomic mass is 10.2. The zero-order valence-corrected chi connectivity index (χ0v) is 20.4. The van der Waals surface area contributed by atoms with Gasteiger partial charge in [-0.1, -0.05) is 15.9 Å². The minimum absolute atomic E-state index is 0.309. The topological polar surface area (TPSA) is 86.5 Å². The lowest BCUT2D eigenvalue weighted by molar-refractivity contribution is 0.286. The van der Waals surface area contributed by atoms with Gasteiger partial charge in [0.1, 0.15) is 5.52 Å². The third-order valence-electron chi connectivity index (χ3n) is 4.56. The summed E-state index contributed by atoms with van der Waals surface area (Å²) >= 11 is 7.04. The molecular weight excluding hydrogens is 528 g/mol. The Bertz CT molecular complexity index is 1290. The van der Waals surface area contributed by atoms with Crippen LogP contribution in [-0.4, -0.2) is 39.2 Å². The number of benzene rings is 2. The van der Waals surface area contributed by atoms with Crippen molar-refractivity contribution in [3.63, 3.8) is 0 Å². The molecule has 0 atom stereocenters. The van der Waals surface area contributed by atoms with Crippen LogP contribution >= 0.6 is 31.9 Å². The molecule has 4 rings (SSSR count). The average molecular weight is 548 g/mol. The summed E-state index contributed by atoms with van der Waals surface area (Å²) in [6.07, 6.45) is 1.66. The first-order valence-electron chi connectivity index (χ1n) is 9.68. The molecule has 0 saturated heterocycles. The van der Waals surface area contributed by atoms with Gasteiger partial charge < -0.3 is 14.0 Å². The minimum Gasteiger partial charge on any atom is -0.490 e. The summed E-state index contributed by atoms with van der Waals surface area (Å²) in [5, 5.41) is 13.8. The summed E-state index contributed by atoms with van der Waals surface area (Å²) in [6.45, 7) is 4.94. The SMILES string of the molecule is CCOc1cc(/C=N/Nc2nnc3c4cc(Br)ccc4n(C)c3n2)cc(Br)c1OCC. The summed E-state index contributed by atoms with van der Waals surface area (Å²) in [5.41, 5.74) is 6.18. The van der Waals surface area contributed by atoms with Gasteiger partial charge >= 0.3 is 0 Å². The molecule has 2 aromatic heterocycles. The number of hydrogen-bond acceptors (Lipinski definition) is 7. The molecule has 0 bridgehead atoms. The van der Waals surface area contributed by atoms with E-state index in [4.69, 9.17) is 9.47 Å². The molecule has 4 aromatic rings. The fourth-order valence-corrected chi connectivity index (χ4v) is 4.19. The van der Waals surface area contributed by atoms with E-state index in [2.05, 4.69) is 57.6 Å². The third kappa shape index (κ3) is 4.35. The van der Waals surface area contributed by atoms with Crippen LogP contribution in [0.5, 0.6) is 11.5 Å². The second-order valence-electron chi connectivity index (χ2n) is 6.59. The Labute approximate surface area is 195 Å². The van der Waals surface area contributed by atoms with Crippen LogP contribution in [0.15, 0.2) is 44.4 Å². The van der Waals surface area contributed by atoms with Gasteiger partial charge in [-0.2, -0.15) is 10.1 Å². The molecule has 2 heterocycles. The number of nitrogens with one attached hydrogen (secondary N) is 1. The number of fused-ring (bicyclic) bond motifs is 3. The van der Waals surface area contributed by atoms with Crippen LogP contribution in [0.25, 0.3) is 22.1 Å². The van der Waals surface area contributed by atoms with Crippen molar-refractivity contribution >= 4 is 66.1 Å². The van der Waals surface area contributed by atoms with Crippen molar-refractivity contribution in [2.24, 2.45) is 12.1 Å². The number of anilines is 1. The van der Waals surface area contributed by atoms with Gasteiger partial charge in [-0.05, 0) is 65.7 Å². The fraction of sp³-hybridized carbons (Fsp3) is 0.238. The maximum Gasteiger partial charge on any atom is 0.265 e. The summed E-state index contributed by atoms with van der Waals surface area (Å²) in [7, 11) is 1.95. The lowest BCUT2D eigenvalue weighted by Crippen LogP contribution is -2.02. The zero-order valence-electron chi connectivity index (χ0n) is 17.2. The van der Waals surface area contributed by atoms with Crippen LogP contribution in [0.4, 0.5) is 5.95 Å². The van der Waals surface area contributed by atoms with E-state index in [1.165, 1.54) is 0 Å². The van der Waals surface area contributed by atoms with E-state index in [-0.39, 0.29) is 0 Å². The average Bonchev–Trinajstić information content (AvgIpc) is 3.02. The van der Waals surface area contributed by atoms with Gasteiger partial charge in [0.25, 0.3) is 5.95 Å². The first-order valence-corrected chi connectivity index (χ1v) is 11.3. The highest BCUT2D eigenvalue weighted by Crippen LogP contribution is 2.36. The standard InChI is InChI=1S/C21H20Br2N6O2/c1-4-30-17-9-12(8-15(23)19(17)31-5-2)11-24-27-21-25-20-18(26-28-21)14-10-13(22)6-7-16(14)29(20)3/h6-11H,4-5H2,1-3H3,(H,25,27,28)/b24-11+. The Hall–Kier alpha value is -2.72. The molecule has 0 unspecified atom stereocenters. The maximum absolute atomic E-state index is 5.70. The highest BCUT2D eigenvalue weighted by Gasteiger charge is 2.13. The summed E-state index contributed by atoms with van der Waals surface area (Å²) in [6, 6.07) is 9.80. The molecule has 10 heteroatoms. The number of ether oxygens (including phenoxy) is 2. The number of nitrogens with zero attached hydrogens (tertiary/aromatic N) is 5. The quantitative estimate of drug-likeness (QED) is 0.250. The van der Waals surface area contributed by atoms with Crippen molar-refractivity contribution in [2.45, 2.75) is 13.8 Å². The van der Waals surface area contributed by atoms with E-state index < -0.39 is 0 Å². The largest absolute Gasteiger partial charge is 0.490 e. The normalized spacial score (nSPS) is 11.5. The number of hydrogen-bond donors (Lipinski definition) is 1. The number of halogens is 2. The van der Waals surface area contributed by atoms with Crippen LogP contribution in [0.1, 0.15) is 19.4 Å². The fourth-order valence-electron chi connectivity index (χ4n) is 3.25. The smallest absolute Gasteiger partial charge is 0.265 e. The van der Waals surface area contributed by atoms with E-state index in [9.17, 15) is 0 Å². The summed E-state index contributed by atoms with van der Waals surface area (Å²) in [4.78, 5) is 4.57. The monoisotopic (exact) mass is 546 g/mol. The predicted molar refractivity (Wildman–Crippen MR) is 129 cm³/mol. The minimum atomic E-state index is 0.309. The highest BCUT2D eigenvalue weighted by molar-refractivity contribution is 9.10. The summed E-state index contributed by atoms with van der Waals surface area (Å²) < 4.78 is 15.1. The van der Waals surface area contributed by atoms with Gasteiger partial charge in [-0.3, -0.25) is 0 Å². The molecule has 160 valence electrons. The van der Waals surface area contributed by atoms with E-state index >= 15 is 0 Å². The van der Waals surface area contributed by atoms with Gasteiger partial charge in [0.15, 0.2) is 17.1 Å². The van der Waals surface area contributed by atoms with Crippen molar-refractivity contribution in [1.29, 1.82) is 0 Å². The first-order chi connectivity index (χ1) is 15.0. The van der Waals surface area contributed by atoms with E-state index in [1.807, 2.05) is 55.8 Å². The molecule has 0 amide bonds. The molecule has 8 nitrogen and oxygen atoms in total. The van der Waals surface area contributed by atoms with Crippen molar-refractivity contribution < 1.29 is 9.47 Å². The first kappa shape index (κ1) is 21.5. The van der Waals surface area contributed by atoms with Crippen molar-refractivity contribution in [3.8, 4) is 11.5 Å². The molecular formula is C21H20Br2N6O2. The second-order valence-corrected chi connectivity index (χ2v) is 8.36. The van der Waals surface area contributed by atoms with Gasteiger partial charge in [0.05, 0.1) is 29.4 Å². The Kier molecular flexibility index (Phi) is 6.38. The van der Waals surface area contributed by atoms with Crippen LogP contribution in [0.2, 0.25) is 0 Å². The van der Waals surface area contributed by atoms with Crippen molar-refractivity contribution in [1.82, 2.24) is 19.7 Å². The Morgan fingerprint density at radius 3 is 2.68 bits per heavy atom. The second kappa shape index (κ2) is 9.19. The molecule has 0 aliphatic carbocycles. The Morgan fingerprint density at radius 2 is 1.90 bits per heavy atom. The van der Waals surface area contributed by atoms with Gasteiger partial charge in [-0.15, -0.1) is 10.2 Å². The van der Waals surface area contributed by atoms with Crippen LogP contribution in [0.3, 0.4) is 0 Å². The predicted octanol–water partition coefficient (Wildman–Crippen LogP) is 5.28. The highest BCUT2D eigenvalue weighted by atomic mass is 79.9. The van der Waals surface area contributed by atoms with Crippen LogP contribution < -0.4 is 14.9 Å². The number of aryl methyl sites for hydroxylation is 1. The summed E-state index contributed by atoms with van der Waals surface area (Å²) in [5.74, 6) is 1.64. The molecule has 0 aliphatic heterocycles. The molecule has 31 heavy (non-hydrogen) atoms. The molecule has 2 aromatic carbocycles.